The van der Waals surface area contributed by atoms with E-state index in [2.05, 4.69) is 4.98 Å². The Balaban J connectivity index is 2.39. The molecule has 2 rings (SSSR count). The van der Waals surface area contributed by atoms with E-state index >= 15 is 0 Å². The molecule has 0 amide bonds. The molecular formula is C12H17ClN2O6. The van der Waals surface area contributed by atoms with Crippen LogP contribution in [0.2, 0.25) is 0 Å². The molecule has 1 aromatic rings. The summed E-state index contributed by atoms with van der Waals surface area (Å²) < 4.78 is 11.6. The zero-order valence-corrected chi connectivity index (χ0v) is 12.1. The third-order valence-electron chi connectivity index (χ3n) is 3.46. The standard InChI is InChI=1S/C12H17ClN2O6/c1-20-8(3-13)6-4-15(12(19)14-11(6)18)10-2-7(17)9(5-16)21-10/h4,7-10,16-17H,2-3,5H2,1H3,(H,14,18,19)/t7-,8+,9+,10+/m0/s1. The maximum atomic E-state index is 11.9. The Morgan fingerprint density at radius 2 is 2.33 bits per heavy atom. The smallest absolute Gasteiger partial charge is 0.330 e. The highest BCUT2D eigenvalue weighted by Crippen LogP contribution is 2.27. The maximum Gasteiger partial charge on any atom is 0.330 e. The van der Waals surface area contributed by atoms with Gasteiger partial charge in [-0.05, 0) is 0 Å². The minimum atomic E-state index is -0.881. The van der Waals surface area contributed by atoms with Crippen LogP contribution in [0.1, 0.15) is 24.3 Å². The van der Waals surface area contributed by atoms with Gasteiger partial charge in [-0.25, -0.2) is 4.79 Å². The first kappa shape index (κ1) is 16.2. The lowest BCUT2D eigenvalue weighted by Gasteiger charge is -2.17. The Kier molecular flexibility index (Phi) is 5.17. The molecule has 21 heavy (non-hydrogen) atoms. The van der Waals surface area contributed by atoms with Crippen molar-refractivity contribution in [1.82, 2.24) is 9.55 Å². The van der Waals surface area contributed by atoms with E-state index in [1.165, 1.54) is 13.3 Å². The van der Waals surface area contributed by atoms with E-state index in [1.54, 1.807) is 0 Å². The van der Waals surface area contributed by atoms with Crippen LogP contribution in [0, 0.1) is 0 Å². The second kappa shape index (κ2) is 6.71. The predicted octanol–water partition coefficient (Wildman–Crippen LogP) is -0.896. The van der Waals surface area contributed by atoms with Gasteiger partial charge in [0.2, 0.25) is 0 Å². The molecule has 0 unspecified atom stereocenters. The summed E-state index contributed by atoms with van der Waals surface area (Å²) in [4.78, 5) is 25.9. The number of halogens is 1. The van der Waals surface area contributed by atoms with Crippen LogP contribution in [0.5, 0.6) is 0 Å². The van der Waals surface area contributed by atoms with Gasteiger partial charge in [0, 0.05) is 19.7 Å². The highest BCUT2D eigenvalue weighted by molar-refractivity contribution is 6.18. The lowest BCUT2D eigenvalue weighted by Crippen LogP contribution is -2.35. The summed E-state index contributed by atoms with van der Waals surface area (Å²) in [6.45, 7) is -0.356. The molecule has 1 aromatic heterocycles. The number of hydrogen-bond donors (Lipinski definition) is 3. The van der Waals surface area contributed by atoms with Crippen LogP contribution in [0.3, 0.4) is 0 Å². The number of aromatic amines is 1. The van der Waals surface area contributed by atoms with Crippen molar-refractivity contribution in [3.8, 4) is 0 Å². The molecule has 1 aliphatic rings. The van der Waals surface area contributed by atoms with E-state index in [-0.39, 0.29) is 24.5 Å². The Labute approximate surface area is 124 Å². The van der Waals surface area contributed by atoms with E-state index in [9.17, 15) is 14.7 Å². The second-order valence-corrected chi connectivity index (χ2v) is 5.05. The molecule has 0 spiro atoms. The molecule has 0 aliphatic carbocycles. The van der Waals surface area contributed by atoms with Crippen molar-refractivity contribution in [3.63, 3.8) is 0 Å². The van der Waals surface area contributed by atoms with E-state index in [0.29, 0.717) is 0 Å². The Bertz CT molecular complexity index is 596. The predicted molar refractivity (Wildman–Crippen MR) is 73.4 cm³/mol. The lowest BCUT2D eigenvalue weighted by atomic mass is 10.2. The first-order valence-corrected chi connectivity index (χ1v) is 6.93. The zero-order chi connectivity index (χ0) is 15.6. The van der Waals surface area contributed by atoms with Crippen LogP contribution in [0.25, 0.3) is 0 Å². The van der Waals surface area contributed by atoms with E-state index in [0.717, 1.165) is 4.57 Å². The minimum Gasteiger partial charge on any atom is -0.394 e. The molecule has 8 nitrogen and oxygen atoms in total. The average Bonchev–Trinajstić information content (AvgIpc) is 2.83. The largest absolute Gasteiger partial charge is 0.394 e. The van der Waals surface area contributed by atoms with Crippen LogP contribution >= 0.6 is 11.6 Å². The molecule has 0 aromatic carbocycles. The summed E-state index contributed by atoms with van der Waals surface area (Å²) >= 11 is 5.73. The third-order valence-corrected chi connectivity index (χ3v) is 3.74. The number of hydrogen-bond acceptors (Lipinski definition) is 6. The highest BCUT2D eigenvalue weighted by atomic mass is 35.5. The van der Waals surface area contributed by atoms with Crippen molar-refractivity contribution in [2.45, 2.75) is 31.0 Å². The number of nitrogens with zero attached hydrogens (tertiary/aromatic N) is 1. The molecule has 118 valence electrons. The molecule has 9 heteroatoms. The number of aromatic nitrogens is 2. The molecule has 1 fully saturated rings. The van der Waals surface area contributed by atoms with Crippen LogP contribution < -0.4 is 11.2 Å². The fourth-order valence-electron chi connectivity index (χ4n) is 2.27. The van der Waals surface area contributed by atoms with Crippen molar-refractivity contribution in [2.24, 2.45) is 0 Å². The van der Waals surface area contributed by atoms with Gasteiger partial charge in [0.25, 0.3) is 5.56 Å². The fourth-order valence-corrected chi connectivity index (χ4v) is 2.56. The number of methoxy groups -OCH3 is 1. The Hall–Kier alpha value is -1.19. The van der Waals surface area contributed by atoms with Gasteiger partial charge < -0.3 is 19.7 Å². The van der Waals surface area contributed by atoms with Gasteiger partial charge in [-0.15, -0.1) is 11.6 Å². The van der Waals surface area contributed by atoms with E-state index in [1.807, 2.05) is 0 Å². The van der Waals surface area contributed by atoms with Crippen molar-refractivity contribution in [2.75, 3.05) is 19.6 Å². The molecule has 0 radical (unpaired) electrons. The second-order valence-electron chi connectivity index (χ2n) is 4.74. The van der Waals surface area contributed by atoms with Gasteiger partial charge >= 0.3 is 5.69 Å². The molecule has 0 saturated carbocycles. The van der Waals surface area contributed by atoms with Gasteiger partial charge in [0.05, 0.1) is 24.2 Å². The third kappa shape index (κ3) is 3.19. The molecule has 0 bridgehead atoms. The van der Waals surface area contributed by atoms with Gasteiger partial charge in [-0.1, -0.05) is 0 Å². The van der Waals surface area contributed by atoms with Crippen molar-refractivity contribution in [3.05, 3.63) is 32.6 Å². The summed E-state index contributed by atoms with van der Waals surface area (Å²) in [5, 5.41) is 18.8. The summed E-state index contributed by atoms with van der Waals surface area (Å²) in [6.07, 6.45) is -1.63. The SMILES string of the molecule is CO[C@H](CCl)c1cn([C@H]2C[C@H](O)[C@@H](CO)O2)c(=O)[nH]c1=O. The van der Waals surface area contributed by atoms with Gasteiger partial charge in [-0.3, -0.25) is 14.3 Å². The monoisotopic (exact) mass is 320 g/mol. The van der Waals surface area contributed by atoms with E-state index in [4.69, 9.17) is 26.2 Å². The molecule has 3 N–H and O–H groups in total. The summed E-state index contributed by atoms with van der Waals surface area (Å²) in [5.41, 5.74) is -1.05. The first-order valence-electron chi connectivity index (χ1n) is 6.40. The minimum absolute atomic E-state index is 0.0468. The molecule has 4 atom stereocenters. The number of H-pyrrole nitrogens is 1. The topological polar surface area (TPSA) is 114 Å². The average molecular weight is 321 g/mol. The van der Waals surface area contributed by atoms with Crippen molar-refractivity contribution in [1.29, 1.82) is 0 Å². The number of aliphatic hydroxyl groups is 2. The Morgan fingerprint density at radius 1 is 1.62 bits per heavy atom. The first-order chi connectivity index (χ1) is 10.0. The number of nitrogens with one attached hydrogen (secondary N) is 1. The maximum absolute atomic E-state index is 11.9. The normalized spacial score (nSPS) is 27.0. The zero-order valence-electron chi connectivity index (χ0n) is 11.4. The van der Waals surface area contributed by atoms with Crippen LogP contribution in [0.4, 0.5) is 0 Å². The molecule has 2 heterocycles. The summed E-state index contributed by atoms with van der Waals surface area (Å²) in [6, 6.07) is 0. The molecule has 1 saturated heterocycles. The molecular weight excluding hydrogens is 304 g/mol. The molecule has 1 aliphatic heterocycles. The van der Waals surface area contributed by atoms with E-state index < -0.39 is 35.8 Å². The van der Waals surface area contributed by atoms with Crippen LogP contribution in [0.15, 0.2) is 15.8 Å². The van der Waals surface area contributed by atoms with Crippen LogP contribution in [-0.2, 0) is 9.47 Å². The van der Waals surface area contributed by atoms with Gasteiger partial charge in [-0.2, -0.15) is 0 Å². The van der Waals surface area contributed by atoms with Crippen molar-refractivity contribution >= 4 is 11.6 Å². The van der Waals surface area contributed by atoms with Gasteiger partial charge in [0.1, 0.15) is 18.4 Å². The Morgan fingerprint density at radius 3 is 2.86 bits per heavy atom. The number of aliphatic hydroxyl groups excluding tert-OH is 2. The number of ether oxygens (including phenoxy) is 2. The number of alkyl halides is 1. The summed E-state index contributed by atoms with van der Waals surface area (Å²) in [5.74, 6) is 0.0468. The van der Waals surface area contributed by atoms with Gasteiger partial charge in [0.15, 0.2) is 0 Å². The van der Waals surface area contributed by atoms with Crippen LogP contribution in [-0.4, -0.2) is 51.6 Å². The lowest BCUT2D eigenvalue weighted by molar-refractivity contribution is -0.0461. The quantitative estimate of drug-likeness (QED) is 0.606. The summed E-state index contributed by atoms with van der Waals surface area (Å²) in [7, 11) is 1.40. The fraction of sp³-hybridized carbons (Fsp3) is 0.667. The highest BCUT2D eigenvalue weighted by Gasteiger charge is 2.35. The number of rotatable bonds is 5. The van der Waals surface area contributed by atoms with Crippen molar-refractivity contribution < 1.29 is 19.7 Å².